The van der Waals surface area contributed by atoms with E-state index in [-0.39, 0.29) is 22.6 Å². The largest absolute Gasteiger partial charge is 0.363 e. The zero-order valence-electron chi connectivity index (χ0n) is 15.0. The maximum Gasteiger partial charge on any atom is 0.292 e. The van der Waals surface area contributed by atoms with E-state index in [0.29, 0.717) is 37.6 Å². The highest BCUT2D eigenvalue weighted by molar-refractivity contribution is 5.94. The molecule has 142 valence electrons. The molecule has 2 aromatic carbocycles. The molecule has 3 rings (SSSR count). The van der Waals surface area contributed by atoms with E-state index in [2.05, 4.69) is 5.32 Å². The minimum Gasteiger partial charge on any atom is -0.363 e. The molecule has 0 radical (unpaired) electrons. The molecule has 0 aliphatic carbocycles. The van der Waals surface area contributed by atoms with Crippen LogP contribution in [0.5, 0.6) is 0 Å². The van der Waals surface area contributed by atoms with Crippen LogP contribution in [-0.4, -0.2) is 48.0 Å². The topological polar surface area (TPSA) is 78.7 Å². The molecule has 1 unspecified atom stereocenters. The van der Waals surface area contributed by atoms with Crippen LogP contribution in [0.2, 0.25) is 0 Å². The lowest BCUT2D eigenvalue weighted by atomic mass is 10.1. The average Bonchev–Trinajstić information content (AvgIpc) is 2.67. The molecular weight excluding hydrogens is 351 g/mol. The molecule has 0 bridgehead atoms. The summed E-state index contributed by atoms with van der Waals surface area (Å²) < 4.78 is 13.3. The number of carbonyl (C=O) groups excluding carboxylic acids is 1. The van der Waals surface area contributed by atoms with Crippen LogP contribution in [0.25, 0.3) is 0 Å². The molecule has 1 atom stereocenters. The zero-order valence-corrected chi connectivity index (χ0v) is 15.0. The van der Waals surface area contributed by atoms with Gasteiger partial charge in [0.2, 0.25) is 5.91 Å². The molecule has 1 saturated heterocycles. The van der Waals surface area contributed by atoms with Crippen molar-refractivity contribution in [1.29, 1.82) is 0 Å². The predicted molar refractivity (Wildman–Crippen MR) is 101 cm³/mol. The van der Waals surface area contributed by atoms with Crippen LogP contribution in [0.3, 0.4) is 0 Å². The summed E-state index contributed by atoms with van der Waals surface area (Å²) in [5.74, 6) is -0.613. The maximum atomic E-state index is 13.3. The summed E-state index contributed by atoms with van der Waals surface area (Å²) >= 11 is 0. The second kappa shape index (κ2) is 8.13. The first kappa shape index (κ1) is 18.8. The van der Waals surface area contributed by atoms with Gasteiger partial charge in [0.25, 0.3) is 5.69 Å². The fourth-order valence-electron chi connectivity index (χ4n) is 3.21. The van der Waals surface area contributed by atoms with Crippen LogP contribution in [0.1, 0.15) is 6.92 Å². The van der Waals surface area contributed by atoms with E-state index < -0.39 is 5.82 Å². The number of nitrogens with zero attached hydrogens (tertiary/aromatic N) is 3. The normalized spacial score (nSPS) is 16.0. The summed E-state index contributed by atoms with van der Waals surface area (Å²) in [6, 6.07) is 12.1. The van der Waals surface area contributed by atoms with E-state index in [9.17, 15) is 19.3 Å². The van der Waals surface area contributed by atoms with Crippen LogP contribution in [0.15, 0.2) is 48.5 Å². The first-order valence-corrected chi connectivity index (χ1v) is 8.74. The third kappa shape index (κ3) is 4.40. The monoisotopic (exact) mass is 372 g/mol. The Morgan fingerprint density at radius 1 is 1.15 bits per heavy atom. The Balaban J connectivity index is 1.60. The number of anilines is 2. The number of nitro benzene ring substituents is 1. The lowest BCUT2D eigenvalue weighted by Crippen LogP contribution is -2.53. The number of rotatable bonds is 5. The summed E-state index contributed by atoms with van der Waals surface area (Å²) in [4.78, 5) is 27.3. The third-order valence-electron chi connectivity index (χ3n) is 4.75. The number of amides is 1. The molecule has 1 N–H and O–H groups in total. The van der Waals surface area contributed by atoms with Crippen molar-refractivity contribution in [2.45, 2.75) is 13.0 Å². The number of hydrogen-bond acceptors (Lipinski definition) is 5. The van der Waals surface area contributed by atoms with E-state index >= 15 is 0 Å². The molecule has 2 aromatic rings. The van der Waals surface area contributed by atoms with Gasteiger partial charge < -0.3 is 10.2 Å². The highest BCUT2D eigenvalue weighted by atomic mass is 19.1. The number of carbonyl (C=O) groups is 1. The molecular formula is C19H21FN4O3. The Bertz CT molecular complexity index is 837. The number of hydrogen-bond donors (Lipinski definition) is 1. The van der Waals surface area contributed by atoms with Crippen molar-refractivity contribution in [2.24, 2.45) is 0 Å². The number of piperazine rings is 1. The Morgan fingerprint density at radius 3 is 2.52 bits per heavy atom. The Kier molecular flexibility index (Phi) is 5.66. The van der Waals surface area contributed by atoms with Crippen LogP contribution in [-0.2, 0) is 4.79 Å². The van der Waals surface area contributed by atoms with Gasteiger partial charge >= 0.3 is 0 Å². The summed E-state index contributed by atoms with van der Waals surface area (Å²) in [5.41, 5.74) is 1.10. The minimum atomic E-state index is -0.404. The predicted octanol–water partition coefficient (Wildman–Crippen LogP) is 2.88. The Hall–Kier alpha value is -3.00. The van der Waals surface area contributed by atoms with Crippen molar-refractivity contribution in [1.82, 2.24) is 4.90 Å². The number of para-hydroxylation sites is 2. The van der Waals surface area contributed by atoms with Crippen LogP contribution >= 0.6 is 0 Å². The van der Waals surface area contributed by atoms with Crippen molar-refractivity contribution in [3.63, 3.8) is 0 Å². The SMILES string of the molecule is CC(C(=O)Nc1cccc(F)c1)N1CCN(c2ccccc2[N+](=O)[O-])CC1. The van der Waals surface area contributed by atoms with E-state index in [1.54, 1.807) is 37.3 Å². The second-order valence-corrected chi connectivity index (χ2v) is 6.44. The first-order chi connectivity index (χ1) is 13.0. The van der Waals surface area contributed by atoms with E-state index in [1.807, 2.05) is 9.80 Å². The number of halogens is 1. The van der Waals surface area contributed by atoms with Crippen LogP contribution in [0.4, 0.5) is 21.5 Å². The zero-order chi connectivity index (χ0) is 19.4. The van der Waals surface area contributed by atoms with Gasteiger partial charge in [0, 0.05) is 37.9 Å². The molecule has 1 aliphatic rings. The smallest absolute Gasteiger partial charge is 0.292 e. The Labute approximate surface area is 156 Å². The van der Waals surface area contributed by atoms with E-state index in [1.165, 1.54) is 18.2 Å². The summed E-state index contributed by atoms with van der Waals surface area (Å²) in [6.07, 6.45) is 0. The van der Waals surface area contributed by atoms with Gasteiger partial charge in [0.15, 0.2) is 0 Å². The van der Waals surface area contributed by atoms with Crippen molar-refractivity contribution < 1.29 is 14.1 Å². The number of nitrogens with one attached hydrogen (secondary N) is 1. The molecule has 1 amide bonds. The standard InChI is InChI=1S/C19H21FN4O3/c1-14(19(25)21-16-6-4-5-15(20)13-16)22-9-11-23(12-10-22)17-7-2-3-8-18(17)24(26)27/h2-8,13-14H,9-12H2,1H3,(H,21,25). The van der Waals surface area contributed by atoms with Crippen molar-refractivity contribution in [2.75, 3.05) is 36.4 Å². The van der Waals surface area contributed by atoms with Crippen LogP contribution in [0, 0.1) is 15.9 Å². The summed E-state index contributed by atoms with van der Waals surface area (Å²) in [6.45, 7) is 4.17. The van der Waals surface area contributed by atoms with E-state index in [4.69, 9.17) is 0 Å². The Morgan fingerprint density at radius 2 is 1.85 bits per heavy atom. The molecule has 0 saturated carbocycles. The average molecular weight is 372 g/mol. The minimum absolute atomic E-state index is 0.0860. The summed E-state index contributed by atoms with van der Waals surface area (Å²) in [5, 5.41) is 13.9. The van der Waals surface area contributed by atoms with Crippen molar-refractivity contribution >= 4 is 23.0 Å². The van der Waals surface area contributed by atoms with E-state index in [0.717, 1.165) is 0 Å². The van der Waals surface area contributed by atoms with Crippen molar-refractivity contribution in [3.05, 3.63) is 64.5 Å². The molecule has 8 heteroatoms. The van der Waals surface area contributed by atoms with Gasteiger partial charge in [-0.1, -0.05) is 18.2 Å². The number of benzene rings is 2. The highest BCUT2D eigenvalue weighted by Crippen LogP contribution is 2.28. The van der Waals surface area contributed by atoms with Gasteiger partial charge in [-0.05, 0) is 31.2 Å². The van der Waals surface area contributed by atoms with Crippen molar-refractivity contribution in [3.8, 4) is 0 Å². The highest BCUT2D eigenvalue weighted by Gasteiger charge is 2.28. The first-order valence-electron chi connectivity index (χ1n) is 8.74. The molecule has 1 fully saturated rings. The molecule has 27 heavy (non-hydrogen) atoms. The molecule has 0 aromatic heterocycles. The van der Waals surface area contributed by atoms with Gasteiger partial charge in [-0.25, -0.2) is 4.39 Å². The number of nitro groups is 1. The fraction of sp³-hybridized carbons (Fsp3) is 0.316. The lowest BCUT2D eigenvalue weighted by molar-refractivity contribution is -0.384. The van der Waals surface area contributed by atoms with Crippen LogP contribution < -0.4 is 10.2 Å². The quantitative estimate of drug-likeness (QED) is 0.645. The van der Waals surface area contributed by atoms with Gasteiger partial charge in [-0.3, -0.25) is 19.8 Å². The molecule has 0 spiro atoms. The maximum absolute atomic E-state index is 13.3. The van der Waals surface area contributed by atoms with Gasteiger partial charge in [-0.15, -0.1) is 0 Å². The third-order valence-corrected chi connectivity index (χ3v) is 4.75. The lowest BCUT2D eigenvalue weighted by Gasteiger charge is -2.38. The summed E-state index contributed by atoms with van der Waals surface area (Å²) in [7, 11) is 0. The molecule has 1 heterocycles. The molecule has 1 aliphatic heterocycles. The van der Waals surface area contributed by atoms with Gasteiger partial charge in [0.05, 0.1) is 11.0 Å². The fourth-order valence-corrected chi connectivity index (χ4v) is 3.21. The second-order valence-electron chi connectivity index (χ2n) is 6.44. The van der Waals surface area contributed by atoms with Gasteiger partial charge in [-0.2, -0.15) is 0 Å². The van der Waals surface area contributed by atoms with Gasteiger partial charge in [0.1, 0.15) is 11.5 Å². The molecule has 7 nitrogen and oxygen atoms in total.